The van der Waals surface area contributed by atoms with Gasteiger partial charge in [0.25, 0.3) is 5.91 Å². The van der Waals surface area contributed by atoms with Gasteiger partial charge in [0.2, 0.25) is 0 Å². The average Bonchev–Trinajstić information content (AvgIpc) is 2.98. The van der Waals surface area contributed by atoms with Gasteiger partial charge in [0.15, 0.2) is 6.61 Å². The summed E-state index contributed by atoms with van der Waals surface area (Å²) in [5, 5.41) is 12.6. The molecule has 2 aromatic rings. The lowest BCUT2D eigenvalue weighted by Gasteiger charge is -2.06. The predicted molar refractivity (Wildman–Crippen MR) is 86.8 cm³/mol. The number of esters is 2. The number of phenolic OH excluding ortho intramolecular Hbond substituents is 1. The van der Waals surface area contributed by atoms with Gasteiger partial charge in [-0.2, -0.15) is 0 Å². The van der Waals surface area contributed by atoms with E-state index >= 15 is 0 Å². The summed E-state index contributed by atoms with van der Waals surface area (Å²) < 4.78 is 14.7. The van der Waals surface area contributed by atoms with Gasteiger partial charge in [0.05, 0.1) is 19.8 Å². The third-order valence-electron chi connectivity index (χ3n) is 3.45. The highest BCUT2D eigenvalue weighted by molar-refractivity contribution is 5.87. The van der Waals surface area contributed by atoms with Crippen LogP contribution in [-0.2, 0) is 30.3 Å². The van der Waals surface area contributed by atoms with E-state index in [-0.39, 0.29) is 24.6 Å². The average molecular weight is 349 g/mol. The van der Waals surface area contributed by atoms with Gasteiger partial charge in [-0.05, 0) is 18.6 Å². The number of fused-ring (bicyclic) bond motifs is 1. The lowest BCUT2D eigenvalue weighted by molar-refractivity contribution is -0.147. The first-order valence-electron chi connectivity index (χ1n) is 7.68. The second-order valence-corrected chi connectivity index (χ2v) is 5.31. The van der Waals surface area contributed by atoms with E-state index in [4.69, 9.17) is 9.15 Å². The molecule has 2 rings (SSSR count). The van der Waals surface area contributed by atoms with Crippen LogP contribution in [0.15, 0.2) is 28.9 Å². The first kappa shape index (κ1) is 18.3. The molecule has 0 saturated heterocycles. The highest BCUT2D eigenvalue weighted by atomic mass is 16.5. The van der Waals surface area contributed by atoms with E-state index in [0.29, 0.717) is 29.5 Å². The van der Waals surface area contributed by atoms with Crippen LogP contribution in [0.1, 0.15) is 18.4 Å². The van der Waals surface area contributed by atoms with Crippen LogP contribution in [0.5, 0.6) is 5.75 Å². The quantitative estimate of drug-likeness (QED) is 0.545. The number of benzene rings is 1. The van der Waals surface area contributed by atoms with Crippen molar-refractivity contribution in [2.45, 2.75) is 19.3 Å². The monoisotopic (exact) mass is 349 g/mol. The molecule has 0 aliphatic rings. The number of amides is 1. The van der Waals surface area contributed by atoms with Crippen LogP contribution in [0.2, 0.25) is 0 Å². The first-order valence-corrected chi connectivity index (χ1v) is 7.68. The Morgan fingerprint density at radius 1 is 1.24 bits per heavy atom. The SMILES string of the molecule is COC(=O)CCCNC(=O)COC(=O)Cc1coc2cc(O)ccc12. The highest BCUT2D eigenvalue weighted by Crippen LogP contribution is 2.25. The van der Waals surface area contributed by atoms with Crippen molar-refractivity contribution in [3.8, 4) is 5.75 Å². The summed E-state index contributed by atoms with van der Waals surface area (Å²) in [5.74, 6) is -1.29. The minimum atomic E-state index is -0.569. The van der Waals surface area contributed by atoms with Gasteiger partial charge in [-0.1, -0.05) is 0 Å². The van der Waals surface area contributed by atoms with Gasteiger partial charge in [0.1, 0.15) is 11.3 Å². The smallest absolute Gasteiger partial charge is 0.310 e. The Morgan fingerprint density at radius 2 is 2.04 bits per heavy atom. The number of ether oxygens (including phenoxy) is 2. The van der Waals surface area contributed by atoms with Gasteiger partial charge in [-0.25, -0.2) is 0 Å². The van der Waals surface area contributed by atoms with Crippen molar-refractivity contribution in [3.05, 3.63) is 30.0 Å². The third-order valence-corrected chi connectivity index (χ3v) is 3.45. The van der Waals surface area contributed by atoms with Gasteiger partial charge < -0.3 is 24.3 Å². The molecule has 0 fully saturated rings. The fourth-order valence-corrected chi connectivity index (χ4v) is 2.18. The summed E-state index contributed by atoms with van der Waals surface area (Å²) in [6.07, 6.45) is 2.02. The zero-order chi connectivity index (χ0) is 18.2. The van der Waals surface area contributed by atoms with Crippen molar-refractivity contribution >= 4 is 28.8 Å². The molecule has 25 heavy (non-hydrogen) atoms. The van der Waals surface area contributed by atoms with Crippen LogP contribution >= 0.6 is 0 Å². The molecule has 1 amide bonds. The number of furan rings is 1. The molecular weight excluding hydrogens is 330 g/mol. The number of hydrogen-bond acceptors (Lipinski definition) is 7. The Labute approximate surface area is 143 Å². The summed E-state index contributed by atoms with van der Waals surface area (Å²) >= 11 is 0. The standard InChI is InChI=1S/C17H19NO7/c1-23-16(21)3-2-6-18-15(20)10-25-17(22)7-11-9-24-14-8-12(19)4-5-13(11)14/h4-5,8-9,19H,2-3,6-7,10H2,1H3,(H,18,20). The number of methoxy groups -OCH3 is 1. The number of rotatable bonds is 8. The molecular formula is C17H19NO7. The fourth-order valence-electron chi connectivity index (χ4n) is 2.18. The fraction of sp³-hybridized carbons (Fsp3) is 0.353. The predicted octanol–water partition coefficient (Wildman–Crippen LogP) is 1.29. The van der Waals surface area contributed by atoms with Gasteiger partial charge in [0, 0.05) is 30.0 Å². The summed E-state index contributed by atoms with van der Waals surface area (Å²) in [6.45, 7) is -0.102. The van der Waals surface area contributed by atoms with Crippen molar-refractivity contribution in [3.63, 3.8) is 0 Å². The molecule has 8 nitrogen and oxygen atoms in total. The Balaban J connectivity index is 1.73. The van der Waals surface area contributed by atoms with Gasteiger partial charge in [-0.15, -0.1) is 0 Å². The van der Waals surface area contributed by atoms with Crippen molar-refractivity contribution in [1.29, 1.82) is 0 Å². The molecule has 1 aromatic heterocycles. The van der Waals surface area contributed by atoms with E-state index in [1.807, 2.05) is 0 Å². The van der Waals surface area contributed by atoms with Crippen LogP contribution in [0.25, 0.3) is 11.0 Å². The van der Waals surface area contributed by atoms with Crippen molar-refractivity contribution in [2.75, 3.05) is 20.3 Å². The van der Waals surface area contributed by atoms with E-state index in [0.717, 1.165) is 0 Å². The topological polar surface area (TPSA) is 115 Å². The second-order valence-electron chi connectivity index (χ2n) is 5.31. The maximum atomic E-state index is 11.8. The van der Waals surface area contributed by atoms with E-state index < -0.39 is 18.5 Å². The van der Waals surface area contributed by atoms with Crippen LogP contribution in [0, 0.1) is 0 Å². The number of nitrogens with one attached hydrogen (secondary N) is 1. The molecule has 134 valence electrons. The van der Waals surface area contributed by atoms with E-state index in [1.54, 1.807) is 6.07 Å². The molecule has 2 N–H and O–H groups in total. The molecule has 0 saturated carbocycles. The minimum absolute atomic E-state index is 0.0482. The van der Waals surface area contributed by atoms with E-state index in [9.17, 15) is 19.5 Å². The Morgan fingerprint density at radius 3 is 2.80 bits per heavy atom. The molecule has 0 radical (unpaired) electrons. The lowest BCUT2D eigenvalue weighted by Crippen LogP contribution is -2.30. The van der Waals surface area contributed by atoms with Crippen LogP contribution < -0.4 is 5.32 Å². The zero-order valence-electron chi connectivity index (χ0n) is 13.7. The molecule has 8 heteroatoms. The van der Waals surface area contributed by atoms with Crippen molar-refractivity contribution in [2.24, 2.45) is 0 Å². The minimum Gasteiger partial charge on any atom is -0.508 e. The zero-order valence-corrected chi connectivity index (χ0v) is 13.7. The molecule has 0 unspecified atom stereocenters. The molecule has 0 aliphatic carbocycles. The Bertz CT molecular complexity index is 765. The Hall–Kier alpha value is -3.03. The Kier molecular flexibility index (Phi) is 6.39. The summed E-state index contributed by atoms with van der Waals surface area (Å²) in [6, 6.07) is 4.59. The van der Waals surface area contributed by atoms with Crippen LogP contribution in [0.4, 0.5) is 0 Å². The maximum absolute atomic E-state index is 11.8. The number of phenols is 1. The number of carbonyl (C=O) groups is 3. The molecule has 1 heterocycles. The maximum Gasteiger partial charge on any atom is 0.310 e. The van der Waals surface area contributed by atoms with Crippen molar-refractivity contribution < 1.29 is 33.4 Å². The number of aromatic hydroxyl groups is 1. The summed E-state index contributed by atoms with van der Waals surface area (Å²) in [4.78, 5) is 34.3. The second kappa shape index (κ2) is 8.72. The molecule has 0 aliphatic heterocycles. The summed E-state index contributed by atoms with van der Waals surface area (Å²) in [5.41, 5.74) is 1.07. The number of hydrogen-bond donors (Lipinski definition) is 2. The van der Waals surface area contributed by atoms with E-state index in [1.165, 1.54) is 25.5 Å². The number of carbonyl (C=O) groups excluding carboxylic acids is 3. The molecule has 1 aromatic carbocycles. The first-order chi connectivity index (χ1) is 12.0. The van der Waals surface area contributed by atoms with Crippen molar-refractivity contribution in [1.82, 2.24) is 5.32 Å². The lowest BCUT2D eigenvalue weighted by atomic mass is 10.1. The van der Waals surface area contributed by atoms with Crippen LogP contribution in [-0.4, -0.2) is 43.2 Å². The molecule has 0 bridgehead atoms. The largest absolute Gasteiger partial charge is 0.508 e. The highest BCUT2D eigenvalue weighted by Gasteiger charge is 2.13. The normalized spacial score (nSPS) is 10.4. The molecule has 0 atom stereocenters. The summed E-state index contributed by atoms with van der Waals surface area (Å²) in [7, 11) is 1.30. The van der Waals surface area contributed by atoms with Gasteiger partial charge >= 0.3 is 11.9 Å². The third kappa shape index (κ3) is 5.52. The molecule has 0 spiro atoms. The van der Waals surface area contributed by atoms with Crippen LogP contribution in [0.3, 0.4) is 0 Å². The van der Waals surface area contributed by atoms with Gasteiger partial charge in [-0.3, -0.25) is 14.4 Å². The van der Waals surface area contributed by atoms with E-state index in [2.05, 4.69) is 10.1 Å².